The molecule has 0 aliphatic heterocycles. The van der Waals surface area contributed by atoms with Crippen molar-refractivity contribution in [3.63, 3.8) is 0 Å². The second-order valence-electron chi connectivity index (χ2n) is 5.57. The van der Waals surface area contributed by atoms with Gasteiger partial charge in [0.05, 0.1) is 42.6 Å². The van der Waals surface area contributed by atoms with E-state index in [1.807, 2.05) is 13.8 Å². The fourth-order valence-electron chi connectivity index (χ4n) is 2.28. The lowest BCUT2D eigenvalue weighted by molar-refractivity contribution is -0.142. The Bertz CT molecular complexity index is 1160. The van der Waals surface area contributed by atoms with E-state index in [1.54, 1.807) is 6.07 Å². The Kier molecular flexibility index (Phi) is 7.96. The minimum atomic E-state index is -4.95. The number of nitriles is 1. The molecule has 2 aromatic heterocycles. The van der Waals surface area contributed by atoms with Crippen molar-refractivity contribution >= 4 is 23.2 Å². The van der Waals surface area contributed by atoms with E-state index in [4.69, 9.17) is 33.2 Å². The third-order valence-electron chi connectivity index (χ3n) is 3.49. The van der Waals surface area contributed by atoms with Crippen LogP contribution >= 0.6 is 23.2 Å². The van der Waals surface area contributed by atoms with Crippen LogP contribution in [-0.2, 0) is 12.7 Å². The van der Waals surface area contributed by atoms with Gasteiger partial charge in [-0.1, -0.05) is 37.0 Å². The predicted octanol–water partition coefficient (Wildman–Crippen LogP) is 5.10. The average molecular weight is 472 g/mol. The molecule has 0 aliphatic rings. The first kappa shape index (κ1) is 24.1. The molecule has 0 bridgehead atoms. The largest absolute Gasteiger partial charge is 0.449 e. The summed E-state index contributed by atoms with van der Waals surface area (Å²) in [5, 5.41) is 9.14. The van der Waals surface area contributed by atoms with E-state index in [0.717, 1.165) is 17.0 Å². The summed E-state index contributed by atoms with van der Waals surface area (Å²) in [5.74, 6) is -1.28. The van der Waals surface area contributed by atoms with Gasteiger partial charge >= 0.3 is 6.18 Å². The highest BCUT2D eigenvalue weighted by Gasteiger charge is 2.38. The summed E-state index contributed by atoms with van der Waals surface area (Å²) in [6.07, 6.45) is -1.73. The maximum atomic E-state index is 13.4. The van der Waals surface area contributed by atoms with Crippen molar-refractivity contribution < 1.29 is 17.9 Å². The van der Waals surface area contributed by atoms with Crippen molar-refractivity contribution in [1.29, 1.82) is 5.26 Å². The van der Waals surface area contributed by atoms with Crippen LogP contribution in [0.1, 0.15) is 30.8 Å². The summed E-state index contributed by atoms with van der Waals surface area (Å²) in [7, 11) is 0. The monoisotopic (exact) mass is 471 g/mol. The molecule has 0 N–H and O–H groups in total. The first-order valence-electron chi connectivity index (χ1n) is 8.69. The Hall–Kier alpha value is -3.16. The molecule has 0 spiro atoms. The molecule has 3 rings (SSSR count). The first-order valence-corrected chi connectivity index (χ1v) is 9.44. The van der Waals surface area contributed by atoms with E-state index in [2.05, 4.69) is 15.0 Å². The Morgan fingerprint density at radius 1 is 1.13 bits per heavy atom. The first-order chi connectivity index (χ1) is 14.7. The molecule has 0 saturated carbocycles. The number of benzene rings is 1. The van der Waals surface area contributed by atoms with Crippen molar-refractivity contribution in [3.05, 3.63) is 74.4 Å². The van der Waals surface area contributed by atoms with E-state index >= 15 is 0 Å². The third-order valence-corrected chi connectivity index (χ3v) is 3.90. The lowest BCUT2D eigenvalue weighted by Gasteiger charge is -2.14. The molecule has 0 atom stereocenters. The summed E-state index contributed by atoms with van der Waals surface area (Å²) in [4.78, 5) is 23.7. The number of hydrogen-bond acceptors (Lipinski definition) is 6. The molecule has 0 radical (unpaired) electrons. The number of hydrogen-bond donors (Lipinski definition) is 0. The predicted molar refractivity (Wildman–Crippen MR) is 107 cm³/mol. The van der Waals surface area contributed by atoms with Gasteiger partial charge in [0, 0.05) is 5.02 Å². The van der Waals surface area contributed by atoms with Gasteiger partial charge in [-0.05, 0) is 18.2 Å². The highest BCUT2D eigenvalue weighted by molar-refractivity contribution is 6.30. The van der Waals surface area contributed by atoms with Crippen molar-refractivity contribution in [2.75, 3.05) is 0 Å². The minimum absolute atomic E-state index is 0.0433. The number of nitrogens with zero attached hydrogens (tertiary/aromatic N) is 5. The summed E-state index contributed by atoms with van der Waals surface area (Å²) in [6, 6.07) is 5.40. The number of halogens is 5. The molecule has 1 aromatic carbocycles. The molecule has 3 aromatic rings. The number of rotatable bonds is 4. The normalized spacial score (nSPS) is 10.6. The fourth-order valence-corrected chi connectivity index (χ4v) is 2.60. The molecular formula is C19H14Cl2F3N5O2. The van der Waals surface area contributed by atoms with Gasteiger partial charge in [0.25, 0.3) is 5.56 Å². The number of alkyl halides is 3. The molecular weight excluding hydrogens is 458 g/mol. The second-order valence-corrected chi connectivity index (χ2v) is 6.40. The van der Waals surface area contributed by atoms with Crippen LogP contribution in [0.5, 0.6) is 11.5 Å². The molecule has 0 unspecified atom stereocenters. The molecule has 0 aliphatic carbocycles. The topological polar surface area (TPSA) is 93.7 Å². The van der Waals surface area contributed by atoms with Crippen LogP contribution in [0, 0.1) is 11.3 Å². The quantitative estimate of drug-likeness (QED) is 0.525. The molecule has 31 heavy (non-hydrogen) atoms. The van der Waals surface area contributed by atoms with Gasteiger partial charge in [-0.2, -0.15) is 18.4 Å². The summed E-state index contributed by atoms with van der Waals surface area (Å²) < 4.78 is 46.1. The van der Waals surface area contributed by atoms with Crippen LogP contribution in [0.4, 0.5) is 13.2 Å². The van der Waals surface area contributed by atoms with Crippen molar-refractivity contribution in [3.8, 4) is 17.6 Å². The van der Waals surface area contributed by atoms with E-state index < -0.39 is 23.2 Å². The Morgan fingerprint density at radius 2 is 1.84 bits per heavy atom. The van der Waals surface area contributed by atoms with Crippen LogP contribution < -0.4 is 10.3 Å². The fraction of sp³-hybridized carbons (Fsp3) is 0.211. The van der Waals surface area contributed by atoms with Crippen molar-refractivity contribution in [1.82, 2.24) is 19.5 Å². The van der Waals surface area contributed by atoms with Gasteiger partial charge in [-0.15, -0.1) is 0 Å². The van der Waals surface area contributed by atoms with Crippen LogP contribution in [0.15, 0.2) is 41.7 Å². The molecule has 0 amide bonds. The summed E-state index contributed by atoms with van der Waals surface area (Å²) in [6.45, 7) is 3.78. The van der Waals surface area contributed by atoms with Crippen LogP contribution in [-0.4, -0.2) is 19.5 Å². The zero-order chi connectivity index (χ0) is 23.2. The maximum absolute atomic E-state index is 13.4. The molecule has 0 saturated heterocycles. The number of ether oxygens (including phenoxy) is 1. The van der Waals surface area contributed by atoms with Gasteiger partial charge in [0.15, 0.2) is 5.69 Å². The second kappa shape index (κ2) is 10.2. The highest BCUT2D eigenvalue weighted by Crippen LogP contribution is 2.35. The van der Waals surface area contributed by atoms with E-state index in [-0.39, 0.29) is 33.7 Å². The zero-order valence-corrected chi connectivity index (χ0v) is 17.6. The molecule has 12 heteroatoms. The van der Waals surface area contributed by atoms with Gasteiger partial charge in [-0.3, -0.25) is 14.3 Å². The van der Waals surface area contributed by atoms with Crippen molar-refractivity contribution in [2.45, 2.75) is 26.6 Å². The highest BCUT2D eigenvalue weighted by atomic mass is 35.5. The molecule has 0 fully saturated rings. The smallest absolute Gasteiger partial charge is 0.437 e. The van der Waals surface area contributed by atoms with E-state index in [0.29, 0.717) is 0 Å². The lowest BCUT2D eigenvalue weighted by atomic mass is 10.2. The van der Waals surface area contributed by atoms with Crippen molar-refractivity contribution in [2.24, 2.45) is 0 Å². The Balaban J connectivity index is 0.00000166. The van der Waals surface area contributed by atoms with E-state index in [9.17, 15) is 18.0 Å². The molecule has 2 heterocycles. The molecule has 162 valence electrons. The zero-order valence-electron chi connectivity index (χ0n) is 16.1. The number of aromatic nitrogens is 4. The summed E-state index contributed by atoms with van der Waals surface area (Å²) in [5.41, 5.74) is -2.32. The SMILES string of the molecule is CC.N#Cc1cc(Cl)cc(Oc2c(C(F)(F)F)ncn(Cc3cnc(Cl)cn3)c2=O)c1. The molecule has 7 nitrogen and oxygen atoms in total. The third kappa shape index (κ3) is 6.16. The maximum Gasteiger partial charge on any atom is 0.437 e. The van der Waals surface area contributed by atoms with Gasteiger partial charge < -0.3 is 4.74 Å². The standard InChI is InChI=1S/C17H8Cl2F3N5O2.C2H6/c18-10-1-9(4-23)2-12(3-10)29-14-15(17(20,21)22)26-8-27(16(14)28)7-11-5-25-13(19)6-24-11;1-2/h1-3,5-6,8H,7H2;1-2H3. The Morgan fingerprint density at radius 3 is 2.42 bits per heavy atom. The lowest BCUT2D eigenvalue weighted by Crippen LogP contribution is -2.27. The van der Waals surface area contributed by atoms with Crippen LogP contribution in [0.2, 0.25) is 10.2 Å². The summed E-state index contributed by atoms with van der Waals surface area (Å²) >= 11 is 11.5. The van der Waals surface area contributed by atoms with Crippen LogP contribution in [0.25, 0.3) is 0 Å². The minimum Gasteiger partial charge on any atom is -0.449 e. The van der Waals surface area contributed by atoms with Gasteiger partial charge in [-0.25, -0.2) is 9.97 Å². The average Bonchev–Trinajstić information content (AvgIpc) is 2.72. The van der Waals surface area contributed by atoms with Gasteiger partial charge in [0.1, 0.15) is 10.9 Å². The van der Waals surface area contributed by atoms with Gasteiger partial charge in [0.2, 0.25) is 5.75 Å². The van der Waals surface area contributed by atoms with Crippen LogP contribution in [0.3, 0.4) is 0 Å². The van der Waals surface area contributed by atoms with E-state index in [1.165, 1.54) is 24.5 Å². The Labute approximate surface area is 184 Å².